The summed E-state index contributed by atoms with van der Waals surface area (Å²) in [4.78, 5) is 0. The Balaban J connectivity index is 1.85. The molecule has 3 heteroatoms. The number of nitrogens with zero attached hydrogens (tertiary/aromatic N) is 2. The van der Waals surface area contributed by atoms with Crippen molar-refractivity contribution in [2.24, 2.45) is 0 Å². The van der Waals surface area contributed by atoms with Crippen LogP contribution in [0.15, 0.2) is 18.5 Å². The average molecular weight is 195 g/mol. The van der Waals surface area contributed by atoms with Crippen LogP contribution in [-0.2, 0) is 6.54 Å². The molecule has 0 saturated heterocycles. The van der Waals surface area contributed by atoms with Crippen LogP contribution in [0, 0.1) is 0 Å². The quantitative estimate of drug-likeness (QED) is 0.643. The fourth-order valence-corrected chi connectivity index (χ4v) is 1.44. The number of nitrogens with one attached hydrogen (secondary N) is 1. The van der Waals surface area contributed by atoms with Gasteiger partial charge in [-0.15, -0.1) is 0 Å². The van der Waals surface area contributed by atoms with Gasteiger partial charge in [0.1, 0.15) is 0 Å². The summed E-state index contributed by atoms with van der Waals surface area (Å²) in [5.74, 6) is 0. The van der Waals surface area contributed by atoms with E-state index in [1.165, 1.54) is 25.7 Å². The molecule has 0 saturated carbocycles. The fourth-order valence-electron chi connectivity index (χ4n) is 1.44. The lowest BCUT2D eigenvalue weighted by atomic mass is 10.2. The van der Waals surface area contributed by atoms with Crippen molar-refractivity contribution in [3.8, 4) is 0 Å². The summed E-state index contributed by atoms with van der Waals surface area (Å²) < 4.78 is 2.00. The van der Waals surface area contributed by atoms with Gasteiger partial charge in [-0.1, -0.05) is 13.3 Å². The molecule has 0 amide bonds. The zero-order valence-electron chi connectivity index (χ0n) is 9.08. The summed E-state index contributed by atoms with van der Waals surface area (Å²) in [7, 11) is 0. The Kier molecular flexibility index (Phi) is 6.07. The first-order valence-electron chi connectivity index (χ1n) is 5.61. The second kappa shape index (κ2) is 7.56. The predicted octanol–water partition coefficient (Wildman–Crippen LogP) is 2.05. The average Bonchev–Trinajstić information content (AvgIpc) is 2.69. The molecule has 0 atom stereocenters. The molecule has 3 nitrogen and oxygen atoms in total. The molecule has 1 rings (SSSR count). The van der Waals surface area contributed by atoms with E-state index in [1.807, 2.05) is 23.1 Å². The van der Waals surface area contributed by atoms with Crippen LogP contribution in [0.4, 0.5) is 0 Å². The minimum atomic E-state index is 1.06. The topological polar surface area (TPSA) is 29.9 Å². The SMILES string of the molecule is CCCNCCCCCn1cccn1. The minimum absolute atomic E-state index is 1.06. The molecule has 0 aromatic carbocycles. The van der Waals surface area contributed by atoms with E-state index in [1.54, 1.807) is 0 Å². The molecule has 0 unspecified atom stereocenters. The zero-order valence-corrected chi connectivity index (χ0v) is 9.08. The Morgan fingerprint density at radius 1 is 1.21 bits per heavy atom. The molecule has 0 fully saturated rings. The number of rotatable bonds is 8. The number of hydrogen-bond donors (Lipinski definition) is 1. The number of unbranched alkanes of at least 4 members (excludes halogenated alkanes) is 2. The minimum Gasteiger partial charge on any atom is -0.317 e. The van der Waals surface area contributed by atoms with Gasteiger partial charge in [0.05, 0.1) is 0 Å². The van der Waals surface area contributed by atoms with Gasteiger partial charge in [-0.2, -0.15) is 5.10 Å². The Morgan fingerprint density at radius 3 is 2.86 bits per heavy atom. The molecule has 1 heterocycles. The maximum Gasteiger partial charge on any atom is 0.0489 e. The summed E-state index contributed by atoms with van der Waals surface area (Å²) in [5, 5.41) is 7.57. The van der Waals surface area contributed by atoms with Crippen molar-refractivity contribution in [2.75, 3.05) is 13.1 Å². The summed E-state index contributed by atoms with van der Waals surface area (Å²) in [5.41, 5.74) is 0. The van der Waals surface area contributed by atoms with Crippen LogP contribution in [0.3, 0.4) is 0 Å². The highest BCUT2D eigenvalue weighted by molar-refractivity contribution is 4.77. The van der Waals surface area contributed by atoms with Crippen LogP contribution in [0.5, 0.6) is 0 Å². The van der Waals surface area contributed by atoms with E-state index in [-0.39, 0.29) is 0 Å². The largest absolute Gasteiger partial charge is 0.317 e. The van der Waals surface area contributed by atoms with Crippen molar-refractivity contribution < 1.29 is 0 Å². The van der Waals surface area contributed by atoms with Crippen LogP contribution in [0.25, 0.3) is 0 Å². The van der Waals surface area contributed by atoms with Gasteiger partial charge in [-0.05, 0) is 38.4 Å². The first kappa shape index (κ1) is 11.2. The third-order valence-electron chi connectivity index (χ3n) is 2.23. The third kappa shape index (κ3) is 5.02. The van der Waals surface area contributed by atoms with Gasteiger partial charge < -0.3 is 5.32 Å². The fraction of sp³-hybridized carbons (Fsp3) is 0.727. The van der Waals surface area contributed by atoms with Crippen molar-refractivity contribution in [3.63, 3.8) is 0 Å². The van der Waals surface area contributed by atoms with Crippen LogP contribution >= 0.6 is 0 Å². The number of aromatic nitrogens is 2. The van der Waals surface area contributed by atoms with Gasteiger partial charge in [0.25, 0.3) is 0 Å². The third-order valence-corrected chi connectivity index (χ3v) is 2.23. The van der Waals surface area contributed by atoms with Crippen molar-refractivity contribution in [3.05, 3.63) is 18.5 Å². The predicted molar refractivity (Wildman–Crippen MR) is 59.2 cm³/mol. The van der Waals surface area contributed by atoms with E-state index in [2.05, 4.69) is 17.3 Å². The second-order valence-corrected chi connectivity index (χ2v) is 3.58. The van der Waals surface area contributed by atoms with Gasteiger partial charge in [0.2, 0.25) is 0 Å². The molecule has 1 aromatic rings. The van der Waals surface area contributed by atoms with E-state index in [0.29, 0.717) is 0 Å². The molecule has 0 aliphatic heterocycles. The lowest BCUT2D eigenvalue weighted by molar-refractivity contribution is 0.529. The summed E-state index contributed by atoms with van der Waals surface area (Å²) in [6.45, 7) is 5.57. The van der Waals surface area contributed by atoms with Crippen LogP contribution < -0.4 is 5.32 Å². The molecule has 0 radical (unpaired) electrons. The van der Waals surface area contributed by atoms with Gasteiger partial charge in [-0.25, -0.2) is 0 Å². The maximum atomic E-state index is 4.16. The Labute approximate surface area is 86.5 Å². The van der Waals surface area contributed by atoms with E-state index in [4.69, 9.17) is 0 Å². The van der Waals surface area contributed by atoms with Gasteiger partial charge in [0, 0.05) is 18.9 Å². The second-order valence-electron chi connectivity index (χ2n) is 3.58. The molecular formula is C11H21N3. The Morgan fingerprint density at radius 2 is 2.14 bits per heavy atom. The monoisotopic (exact) mass is 195 g/mol. The van der Waals surface area contributed by atoms with E-state index in [9.17, 15) is 0 Å². The van der Waals surface area contributed by atoms with Gasteiger partial charge in [0.15, 0.2) is 0 Å². The maximum absolute atomic E-state index is 4.16. The number of hydrogen-bond acceptors (Lipinski definition) is 2. The first-order chi connectivity index (χ1) is 6.93. The van der Waals surface area contributed by atoms with Crippen LogP contribution in [0.2, 0.25) is 0 Å². The summed E-state index contributed by atoms with van der Waals surface area (Å²) >= 11 is 0. The smallest absolute Gasteiger partial charge is 0.0489 e. The standard InChI is InChI=1S/C11H21N3/c1-2-7-12-8-4-3-5-10-14-11-6-9-13-14/h6,9,11-12H,2-5,7-8,10H2,1H3. The molecular weight excluding hydrogens is 174 g/mol. The molecule has 1 N–H and O–H groups in total. The highest BCUT2D eigenvalue weighted by atomic mass is 15.3. The van der Waals surface area contributed by atoms with Crippen LogP contribution in [0.1, 0.15) is 32.6 Å². The van der Waals surface area contributed by atoms with Gasteiger partial charge >= 0.3 is 0 Å². The van der Waals surface area contributed by atoms with Crippen molar-refractivity contribution in [1.82, 2.24) is 15.1 Å². The van der Waals surface area contributed by atoms with Crippen molar-refractivity contribution >= 4 is 0 Å². The van der Waals surface area contributed by atoms with Crippen molar-refractivity contribution in [1.29, 1.82) is 0 Å². The van der Waals surface area contributed by atoms with E-state index < -0.39 is 0 Å². The van der Waals surface area contributed by atoms with Gasteiger partial charge in [-0.3, -0.25) is 4.68 Å². The molecule has 0 bridgehead atoms. The first-order valence-corrected chi connectivity index (χ1v) is 5.61. The molecule has 0 aliphatic rings. The number of aryl methyl sites for hydroxylation is 1. The zero-order chi connectivity index (χ0) is 10.1. The lowest BCUT2D eigenvalue weighted by Gasteiger charge is -2.03. The molecule has 1 aromatic heterocycles. The molecule has 0 aliphatic carbocycles. The van der Waals surface area contributed by atoms with Crippen molar-refractivity contribution in [2.45, 2.75) is 39.2 Å². The van der Waals surface area contributed by atoms with E-state index in [0.717, 1.165) is 19.6 Å². The normalized spacial score (nSPS) is 10.6. The molecule has 80 valence electrons. The Bertz CT molecular complexity index is 206. The highest BCUT2D eigenvalue weighted by Gasteiger charge is 1.91. The summed E-state index contributed by atoms with van der Waals surface area (Å²) in [6.07, 6.45) is 8.89. The summed E-state index contributed by atoms with van der Waals surface area (Å²) in [6, 6.07) is 1.98. The van der Waals surface area contributed by atoms with Crippen LogP contribution in [-0.4, -0.2) is 22.9 Å². The molecule has 14 heavy (non-hydrogen) atoms. The lowest BCUT2D eigenvalue weighted by Crippen LogP contribution is -2.15. The molecule has 0 spiro atoms. The Hall–Kier alpha value is -0.830. The highest BCUT2D eigenvalue weighted by Crippen LogP contribution is 1.97. The van der Waals surface area contributed by atoms with E-state index >= 15 is 0 Å².